The maximum atomic E-state index is 3.54. The average molecular weight is 259 g/mol. The fourth-order valence-corrected chi connectivity index (χ4v) is 3.56. The van der Waals surface area contributed by atoms with Gasteiger partial charge in [0.15, 0.2) is 0 Å². The summed E-state index contributed by atoms with van der Waals surface area (Å²) in [6.45, 7) is 13.5. The first-order chi connectivity index (χ1) is 9.08. The van der Waals surface area contributed by atoms with Gasteiger partial charge in [-0.3, -0.25) is 0 Å². The smallest absolute Gasteiger partial charge is 0.0637 e. The molecule has 0 aliphatic carbocycles. The molecule has 0 radical (unpaired) electrons. The number of piperazine rings is 1. The Hall–Kier alpha value is -1.22. The Morgan fingerprint density at radius 3 is 2.79 bits per heavy atom. The van der Waals surface area contributed by atoms with Crippen LogP contribution >= 0.6 is 0 Å². The second-order valence-electron chi connectivity index (χ2n) is 6.25. The molecule has 2 aliphatic heterocycles. The second kappa shape index (κ2) is 4.71. The van der Waals surface area contributed by atoms with Crippen LogP contribution in [0.15, 0.2) is 12.1 Å². The third-order valence-electron chi connectivity index (χ3n) is 4.40. The molecule has 1 aromatic rings. The van der Waals surface area contributed by atoms with E-state index in [1.54, 1.807) is 0 Å². The summed E-state index contributed by atoms with van der Waals surface area (Å²) in [5, 5.41) is 3.54. The lowest BCUT2D eigenvalue weighted by atomic mass is 9.98. The van der Waals surface area contributed by atoms with E-state index in [2.05, 4.69) is 54.9 Å². The van der Waals surface area contributed by atoms with Crippen molar-refractivity contribution in [2.24, 2.45) is 0 Å². The van der Waals surface area contributed by atoms with E-state index in [0.717, 1.165) is 26.2 Å². The molecule has 1 saturated heterocycles. The van der Waals surface area contributed by atoms with Crippen molar-refractivity contribution in [3.8, 4) is 0 Å². The summed E-state index contributed by atoms with van der Waals surface area (Å²) in [6, 6.07) is 5.86. The summed E-state index contributed by atoms with van der Waals surface area (Å²) in [7, 11) is 0. The molecule has 3 heteroatoms. The van der Waals surface area contributed by atoms with Crippen LogP contribution in [-0.4, -0.2) is 38.3 Å². The topological polar surface area (TPSA) is 18.5 Å². The standard InChI is InChI=1S/C16H25N3/c1-11(2)19-10-14-9-17-5-6-18(14)15-8-12(3)7-13(4)16(15)19/h7-8,11,14,17H,5-6,9-10H2,1-4H3. The minimum absolute atomic E-state index is 0.559. The van der Waals surface area contributed by atoms with Gasteiger partial charge in [0.05, 0.1) is 17.4 Å². The lowest BCUT2D eigenvalue weighted by molar-refractivity contribution is 0.448. The molecular formula is C16H25N3. The lowest BCUT2D eigenvalue weighted by Gasteiger charge is -2.49. The summed E-state index contributed by atoms with van der Waals surface area (Å²) < 4.78 is 0. The Labute approximate surface area is 116 Å². The quantitative estimate of drug-likeness (QED) is 0.835. The molecule has 0 aromatic heterocycles. The van der Waals surface area contributed by atoms with Crippen LogP contribution in [0.25, 0.3) is 0 Å². The molecule has 104 valence electrons. The predicted octanol–water partition coefficient (Wildman–Crippen LogP) is 2.31. The summed E-state index contributed by atoms with van der Waals surface area (Å²) in [5.41, 5.74) is 5.70. The van der Waals surface area contributed by atoms with Crippen molar-refractivity contribution >= 4 is 11.4 Å². The van der Waals surface area contributed by atoms with Gasteiger partial charge in [0.2, 0.25) is 0 Å². The number of aryl methyl sites for hydroxylation is 2. The first kappa shape index (κ1) is 12.8. The van der Waals surface area contributed by atoms with Crippen molar-refractivity contribution in [3.63, 3.8) is 0 Å². The molecule has 2 heterocycles. The molecule has 0 saturated carbocycles. The van der Waals surface area contributed by atoms with Crippen LogP contribution in [0, 0.1) is 13.8 Å². The predicted molar refractivity (Wildman–Crippen MR) is 82.4 cm³/mol. The fraction of sp³-hybridized carbons (Fsp3) is 0.625. The van der Waals surface area contributed by atoms with Crippen LogP contribution in [0.5, 0.6) is 0 Å². The normalized spacial score (nSPS) is 22.5. The van der Waals surface area contributed by atoms with Gasteiger partial charge in [-0.25, -0.2) is 0 Å². The third-order valence-corrected chi connectivity index (χ3v) is 4.40. The first-order valence-electron chi connectivity index (χ1n) is 7.43. The van der Waals surface area contributed by atoms with Gasteiger partial charge in [-0.1, -0.05) is 6.07 Å². The van der Waals surface area contributed by atoms with Crippen LogP contribution in [0.1, 0.15) is 25.0 Å². The number of rotatable bonds is 1. The van der Waals surface area contributed by atoms with E-state index in [9.17, 15) is 0 Å². The molecule has 2 aliphatic rings. The number of fused-ring (bicyclic) bond motifs is 3. The maximum Gasteiger partial charge on any atom is 0.0637 e. The molecule has 3 nitrogen and oxygen atoms in total. The molecule has 1 N–H and O–H groups in total. The number of nitrogens with one attached hydrogen (secondary N) is 1. The fourth-order valence-electron chi connectivity index (χ4n) is 3.56. The summed E-state index contributed by atoms with van der Waals surface area (Å²) in [6.07, 6.45) is 0. The largest absolute Gasteiger partial charge is 0.365 e. The van der Waals surface area contributed by atoms with Crippen molar-refractivity contribution in [1.82, 2.24) is 5.32 Å². The van der Waals surface area contributed by atoms with Crippen LogP contribution < -0.4 is 15.1 Å². The van der Waals surface area contributed by atoms with Gasteiger partial charge in [-0.05, 0) is 44.9 Å². The van der Waals surface area contributed by atoms with Gasteiger partial charge in [-0.2, -0.15) is 0 Å². The average Bonchev–Trinajstić information content (AvgIpc) is 2.37. The van der Waals surface area contributed by atoms with Gasteiger partial charge < -0.3 is 15.1 Å². The molecule has 1 aromatic carbocycles. The molecule has 1 unspecified atom stereocenters. The minimum Gasteiger partial charge on any atom is -0.365 e. The van der Waals surface area contributed by atoms with Crippen molar-refractivity contribution in [1.29, 1.82) is 0 Å². The summed E-state index contributed by atoms with van der Waals surface area (Å²) >= 11 is 0. The molecule has 0 bridgehead atoms. The highest BCUT2D eigenvalue weighted by atomic mass is 15.3. The van der Waals surface area contributed by atoms with E-state index in [0.29, 0.717) is 12.1 Å². The highest BCUT2D eigenvalue weighted by molar-refractivity contribution is 5.78. The molecule has 0 spiro atoms. The monoisotopic (exact) mass is 259 g/mol. The zero-order valence-electron chi connectivity index (χ0n) is 12.5. The van der Waals surface area contributed by atoms with E-state index in [-0.39, 0.29) is 0 Å². The Bertz CT molecular complexity index is 481. The number of hydrogen-bond donors (Lipinski definition) is 1. The lowest BCUT2D eigenvalue weighted by Crippen LogP contribution is -2.60. The van der Waals surface area contributed by atoms with Crippen molar-refractivity contribution in [2.75, 3.05) is 36.0 Å². The SMILES string of the molecule is Cc1cc(C)c2c(c1)N1CCNCC1CN2C(C)C. The molecular weight excluding hydrogens is 234 g/mol. The van der Waals surface area contributed by atoms with Crippen LogP contribution in [0.4, 0.5) is 11.4 Å². The second-order valence-corrected chi connectivity index (χ2v) is 6.25. The van der Waals surface area contributed by atoms with Gasteiger partial charge in [0.1, 0.15) is 0 Å². The minimum atomic E-state index is 0.559. The Kier molecular flexibility index (Phi) is 3.17. The van der Waals surface area contributed by atoms with Gasteiger partial charge in [0.25, 0.3) is 0 Å². The summed E-state index contributed by atoms with van der Waals surface area (Å²) in [4.78, 5) is 5.20. The van der Waals surface area contributed by atoms with Crippen LogP contribution in [-0.2, 0) is 0 Å². The van der Waals surface area contributed by atoms with Crippen LogP contribution in [0.2, 0.25) is 0 Å². The Morgan fingerprint density at radius 1 is 1.26 bits per heavy atom. The highest BCUT2D eigenvalue weighted by Gasteiger charge is 2.34. The Balaban J connectivity index is 2.12. The number of nitrogens with zero attached hydrogens (tertiary/aromatic N) is 2. The third kappa shape index (κ3) is 2.10. The molecule has 1 fully saturated rings. The highest BCUT2D eigenvalue weighted by Crippen LogP contribution is 2.40. The van der Waals surface area contributed by atoms with Crippen LogP contribution in [0.3, 0.4) is 0 Å². The van der Waals surface area contributed by atoms with Gasteiger partial charge >= 0.3 is 0 Å². The van der Waals surface area contributed by atoms with Gasteiger partial charge in [-0.15, -0.1) is 0 Å². The van der Waals surface area contributed by atoms with E-state index in [1.807, 2.05) is 0 Å². The van der Waals surface area contributed by atoms with Crippen molar-refractivity contribution < 1.29 is 0 Å². The number of benzene rings is 1. The Morgan fingerprint density at radius 2 is 2.05 bits per heavy atom. The van der Waals surface area contributed by atoms with Gasteiger partial charge in [0, 0.05) is 32.2 Å². The van der Waals surface area contributed by atoms with Crippen molar-refractivity contribution in [2.45, 2.75) is 39.8 Å². The molecule has 0 amide bonds. The number of hydrogen-bond acceptors (Lipinski definition) is 3. The van der Waals surface area contributed by atoms with Crippen molar-refractivity contribution in [3.05, 3.63) is 23.3 Å². The molecule has 19 heavy (non-hydrogen) atoms. The zero-order chi connectivity index (χ0) is 13.6. The van der Waals surface area contributed by atoms with E-state index >= 15 is 0 Å². The molecule has 1 atom stereocenters. The van der Waals surface area contributed by atoms with E-state index in [1.165, 1.54) is 22.5 Å². The molecule has 3 rings (SSSR count). The van der Waals surface area contributed by atoms with E-state index < -0.39 is 0 Å². The maximum absolute atomic E-state index is 3.54. The summed E-state index contributed by atoms with van der Waals surface area (Å²) in [5.74, 6) is 0. The zero-order valence-corrected chi connectivity index (χ0v) is 12.5. The number of anilines is 2. The van der Waals surface area contributed by atoms with E-state index in [4.69, 9.17) is 0 Å². The first-order valence-corrected chi connectivity index (χ1v) is 7.43.